The van der Waals surface area contributed by atoms with Crippen LogP contribution in [0.1, 0.15) is 33.6 Å². The molecular weight excluding hydrogens is 344 g/mol. The van der Waals surface area contributed by atoms with Gasteiger partial charge in [0, 0.05) is 33.5 Å². The highest BCUT2D eigenvalue weighted by Gasteiger charge is 2.37. The van der Waals surface area contributed by atoms with Crippen molar-refractivity contribution < 1.29 is 13.3 Å². The predicted octanol–water partition coefficient (Wildman–Crippen LogP) is 3.40. The Labute approximate surface area is 145 Å². The Kier molecular flexibility index (Phi) is 6.16. The van der Waals surface area contributed by atoms with Gasteiger partial charge in [-0.3, -0.25) is 10.1 Å². The lowest BCUT2D eigenvalue weighted by Crippen LogP contribution is -2.46. The number of nitro benzene ring substituents is 1. The molecule has 24 heavy (non-hydrogen) atoms. The van der Waals surface area contributed by atoms with Gasteiger partial charge >= 0.3 is 0 Å². The Bertz CT molecular complexity index is 674. The molecule has 134 valence electrons. The number of piperidine rings is 1. The van der Waals surface area contributed by atoms with Gasteiger partial charge in [0.2, 0.25) is 10.0 Å². The summed E-state index contributed by atoms with van der Waals surface area (Å²) in [5, 5.41) is 10.7. The molecule has 0 aliphatic carbocycles. The van der Waals surface area contributed by atoms with Crippen LogP contribution in [0.4, 0.5) is 5.69 Å². The average molecular weight is 371 g/mol. The van der Waals surface area contributed by atoms with Gasteiger partial charge < -0.3 is 0 Å². The van der Waals surface area contributed by atoms with Gasteiger partial charge in [0.1, 0.15) is 0 Å². The Morgan fingerprint density at radius 1 is 1.21 bits per heavy atom. The molecule has 0 radical (unpaired) electrons. The highest BCUT2D eigenvalue weighted by molar-refractivity contribution is 7.89. The van der Waals surface area contributed by atoms with Crippen LogP contribution in [-0.2, 0) is 10.0 Å². The van der Waals surface area contributed by atoms with Crippen molar-refractivity contribution in [3.63, 3.8) is 0 Å². The lowest BCUT2D eigenvalue weighted by molar-refractivity contribution is -0.384. The number of non-ortho nitro benzene ring substituents is 1. The van der Waals surface area contributed by atoms with Crippen LogP contribution in [0.2, 0.25) is 17.6 Å². The molecule has 1 aliphatic rings. The summed E-state index contributed by atoms with van der Waals surface area (Å²) in [6.07, 6.45) is 2.01. The van der Waals surface area contributed by atoms with Gasteiger partial charge in [0.15, 0.2) is 0 Å². The van der Waals surface area contributed by atoms with E-state index in [0.717, 1.165) is 12.8 Å². The van der Waals surface area contributed by atoms with E-state index in [0.29, 0.717) is 12.1 Å². The Morgan fingerprint density at radius 3 is 2.29 bits per heavy atom. The largest absolute Gasteiger partial charge is 0.269 e. The first-order valence-corrected chi connectivity index (χ1v) is 12.3. The summed E-state index contributed by atoms with van der Waals surface area (Å²) in [5.41, 5.74) is 0.423. The zero-order chi connectivity index (χ0) is 17.9. The average Bonchev–Trinajstić information content (AvgIpc) is 2.57. The molecule has 0 spiro atoms. The summed E-state index contributed by atoms with van der Waals surface area (Å²) in [6.45, 7) is 6.98. The van der Waals surface area contributed by atoms with E-state index in [1.165, 1.54) is 36.4 Å². The van der Waals surface area contributed by atoms with Crippen LogP contribution in [0, 0.1) is 10.1 Å². The van der Waals surface area contributed by atoms with Gasteiger partial charge in [-0.05, 0) is 31.0 Å². The fourth-order valence-electron chi connectivity index (χ4n) is 3.65. The molecule has 1 aromatic rings. The van der Waals surface area contributed by atoms with Crippen molar-refractivity contribution in [2.45, 2.75) is 62.2 Å². The van der Waals surface area contributed by atoms with Crippen LogP contribution in [-0.4, -0.2) is 39.0 Å². The van der Waals surface area contributed by atoms with Gasteiger partial charge in [-0.25, -0.2) is 8.42 Å². The molecule has 0 amide bonds. The monoisotopic (exact) mass is 370 g/mol. The highest BCUT2D eigenvalue weighted by atomic mass is 32.2. The maximum Gasteiger partial charge on any atom is 0.269 e. The Morgan fingerprint density at radius 2 is 1.79 bits per heavy atom. The third kappa shape index (κ3) is 3.87. The van der Waals surface area contributed by atoms with Gasteiger partial charge in [-0.1, -0.05) is 32.4 Å². The van der Waals surface area contributed by atoms with E-state index >= 15 is 0 Å². The lowest BCUT2D eigenvalue weighted by Gasteiger charge is -2.39. The zero-order valence-electron chi connectivity index (χ0n) is 14.5. The molecule has 2 atom stereocenters. The van der Waals surface area contributed by atoms with Gasteiger partial charge in [-0.2, -0.15) is 4.31 Å². The molecular formula is C16H26N2O4SSi. The molecule has 1 aromatic carbocycles. The highest BCUT2D eigenvalue weighted by Crippen LogP contribution is 2.34. The SMILES string of the molecule is CC[SiH](CC)[C@@H]1CCC(C)N(S(=O)(=O)c2ccc([N+](=O)[O-])cc2)C1. The molecule has 1 aliphatic heterocycles. The van der Waals surface area contributed by atoms with Crippen LogP contribution in [0.5, 0.6) is 0 Å². The number of rotatable bonds is 6. The van der Waals surface area contributed by atoms with Crippen LogP contribution in [0.15, 0.2) is 29.2 Å². The van der Waals surface area contributed by atoms with E-state index in [2.05, 4.69) is 13.8 Å². The van der Waals surface area contributed by atoms with E-state index in [4.69, 9.17) is 0 Å². The molecule has 0 saturated carbocycles. The minimum Gasteiger partial charge on any atom is -0.258 e. The van der Waals surface area contributed by atoms with E-state index in [1.54, 1.807) is 4.31 Å². The predicted molar refractivity (Wildman–Crippen MR) is 97.5 cm³/mol. The summed E-state index contributed by atoms with van der Waals surface area (Å²) < 4.78 is 27.6. The maximum atomic E-state index is 13.0. The zero-order valence-corrected chi connectivity index (χ0v) is 16.5. The van der Waals surface area contributed by atoms with Crippen molar-refractivity contribution >= 4 is 24.5 Å². The summed E-state index contributed by atoms with van der Waals surface area (Å²) in [6, 6.07) is 7.58. The number of nitro groups is 1. The first-order chi connectivity index (χ1) is 11.3. The molecule has 1 saturated heterocycles. The minimum atomic E-state index is -3.60. The Balaban J connectivity index is 2.27. The molecule has 2 rings (SSSR count). The number of hydrogen-bond donors (Lipinski definition) is 0. The summed E-state index contributed by atoms with van der Waals surface area (Å²) in [5.74, 6) is 0. The molecule has 0 bridgehead atoms. The van der Waals surface area contributed by atoms with Gasteiger partial charge in [0.05, 0.1) is 9.82 Å². The fraction of sp³-hybridized carbons (Fsp3) is 0.625. The van der Waals surface area contributed by atoms with E-state index < -0.39 is 23.7 Å². The van der Waals surface area contributed by atoms with Crippen LogP contribution >= 0.6 is 0 Å². The molecule has 1 heterocycles. The van der Waals surface area contributed by atoms with Crippen molar-refractivity contribution in [1.29, 1.82) is 0 Å². The lowest BCUT2D eigenvalue weighted by atomic mass is 10.1. The van der Waals surface area contributed by atoms with Crippen molar-refractivity contribution in [1.82, 2.24) is 4.31 Å². The Hall–Kier alpha value is -1.25. The van der Waals surface area contributed by atoms with Crippen LogP contribution in [0.3, 0.4) is 0 Å². The molecule has 8 heteroatoms. The smallest absolute Gasteiger partial charge is 0.258 e. The van der Waals surface area contributed by atoms with Gasteiger partial charge in [-0.15, -0.1) is 0 Å². The molecule has 6 nitrogen and oxygen atoms in total. The van der Waals surface area contributed by atoms with Crippen molar-refractivity contribution in [2.24, 2.45) is 0 Å². The number of sulfonamides is 1. The molecule has 0 aromatic heterocycles. The molecule has 1 unspecified atom stereocenters. The first-order valence-electron chi connectivity index (χ1n) is 8.57. The second-order valence-corrected chi connectivity index (χ2v) is 12.6. The van der Waals surface area contributed by atoms with Crippen LogP contribution in [0.25, 0.3) is 0 Å². The number of hydrogen-bond acceptors (Lipinski definition) is 4. The minimum absolute atomic E-state index is 0.0233. The van der Waals surface area contributed by atoms with Crippen molar-refractivity contribution in [2.75, 3.05) is 6.54 Å². The third-order valence-corrected chi connectivity index (χ3v) is 11.2. The van der Waals surface area contributed by atoms with Crippen molar-refractivity contribution in [3.05, 3.63) is 34.4 Å². The second kappa shape index (κ2) is 7.75. The normalized spacial score (nSPS) is 22.7. The summed E-state index contributed by atoms with van der Waals surface area (Å²) >= 11 is 0. The maximum absolute atomic E-state index is 13.0. The second-order valence-electron chi connectivity index (χ2n) is 6.59. The van der Waals surface area contributed by atoms with E-state index in [9.17, 15) is 18.5 Å². The third-order valence-electron chi connectivity index (χ3n) is 5.23. The standard InChI is InChI=1S/C16H26N2O4SSi/c1-4-24(5-2)16-11-6-13(3)17(12-16)23(21,22)15-9-7-14(8-10-15)18(19)20/h7-10,13,16,24H,4-6,11-12H2,1-3H3/t13?,16-/m1/s1. The number of benzene rings is 1. The van der Waals surface area contributed by atoms with E-state index in [1.807, 2.05) is 6.92 Å². The van der Waals surface area contributed by atoms with Crippen LogP contribution < -0.4 is 0 Å². The quantitative estimate of drug-likeness (QED) is 0.436. The topological polar surface area (TPSA) is 80.5 Å². The fourth-order valence-corrected chi connectivity index (χ4v) is 8.62. The summed E-state index contributed by atoms with van der Waals surface area (Å²) in [7, 11) is -4.53. The molecule has 1 fully saturated rings. The number of nitrogens with zero attached hydrogens (tertiary/aromatic N) is 2. The van der Waals surface area contributed by atoms with Crippen molar-refractivity contribution in [3.8, 4) is 0 Å². The molecule has 0 N–H and O–H groups in total. The summed E-state index contributed by atoms with van der Waals surface area (Å²) in [4.78, 5) is 10.4. The van der Waals surface area contributed by atoms with E-state index in [-0.39, 0.29) is 16.6 Å². The first kappa shape index (κ1) is 19.1. The van der Waals surface area contributed by atoms with Gasteiger partial charge in [0.25, 0.3) is 5.69 Å².